The summed E-state index contributed by atoms with van der Waals surface area (Å²) in [6.07, 6.45) is 0. The number of carbonyl (C=O) groups excluding carboxylic acids is 2. The van der Waals surface area contributed by atoms with Crippen LogP contribution in [0.3, 0.4) is 0 Å². The van der Waals surface area contributed by atoms with Crippen LogP contribution < -0.4 is 14.8 Å². The first-order valence-electron chi connectivity index (χ1n) is 6.05. The third-order valence-corrected chi connectivity index (χ3v) is 3.50. The summed E-state index contributed by atoms with van der Waals surface area (Å²) in [7, 11) is 2.95. The number of nitrogens with one attached hydrogen (secondary N) is 1. The fourth-order valence-corrected chi connectivity index (χ4v) is 2.47. The van der Waals surface area contributed by atoms with Gasteiger partial charge in [-0.3, -0.25) is 14.9 Å². The SMILES string of the molecule is COc1cccc(OC)c1C(=O)Nc1nc(C(C)=O)cs1. The van der Waals surface area contributed by atoms with Crippen LogP contribution in [-0.2, 0) is 0 Å². The van der Waals surface area contributed by atoms with Crippen molar-refractivity contribution in [2.45, 2.75) is 6.92 Å². The van der Waals surface area contributed by atoms with E-state index >= 15 is 0 Å². The van der Waals surface area contributed by atoms with Gasteiger partial charge >= 0.3 is 0 Å². The zero-order valence-corrected chi connectivity index (χ0v) is 12.6. The lowest BCUT2D eigenvalue weighted by Crippen LogP contribution is -2.14. The van der Waals surface area contributed by atoms with Crippen LogP contribution in [-0.4, -0.2) is 30.9 Å². The van der Waals surface area contributed by atoms with Gasteiger partial charge in [-0.2, -0.15) is 0 Å². The minimum atomic E-state index is -0.409. The smallest absolute Gasteiger partial charge is 0.265 e. The number of thiazole rings is 1. The van der Waals surface area contributed by atoms with Gasteiger partial charge in [0.25, 0.3) is 5.91 Å². The fourth-order valence-electron chi connectivity index (χ4n) is 1.73. The highest BCUT2D eigenvalue weighted by molar-refractivity contribution is 7.14. The van der Waals surface area contributed by atoms with Crippen LogP contribution in [0.2, 0.25) is 0 Å². The van der Waals surface area contributed by atoms with Crippen molar-refractivity contribution < 1.29 is 19.1 Å². The minimum Gasteiger partial charge on any atom is -0.496 e. The van der Waals surface area contributed by atoms with E-state index in [1.54, 1.807) is 23.6 Å². The lowest BCUT2D eigenvalue weighted by molar-refractivity contribution is 0.100. The second kappa shape index (κ2) is 6.36. The van der Waals surface area contributed by atoms with Gasteiger partial charge in [0, 0.05) is 12.3 Å². The molecule has 7 heteroatoms. The van der Waals surface area contributed by atoms with Gasteiger partial charge in [-0.15, -0.1) is 11.3 Å². The Bertz CT molecular complexity index is 659. The zero-order chi connectivity index (χ0) is 15.4. The maximum Gasteiger partial charge on any atom is 0.265 e. The second-order valence-electron chi connectivity index (χ2n) is 4.09. The third-order valence-electron chi connectivity index (χ3n) is 2.74. The molecule has 2 aromatic rings. The van der Waals surface area contributed by atoms with E-state index in [0.29, 0.717) is 22.3 Å². The van der Waals surface area contributed by atoms with E-state index in [1.807, 2.05) is 0 Å². The number of rotatable bonds is 5. The quantitative estimate of drug-likeness (QED) is 0.859. The van der Waals surface area contributed by atoms with Gasteiger partial charge in [-0.05, 0) is 12.1 Å². The summed E-state index contributed by atoms with van der Waals surface area (Å²) >= 11 is 1.18. The Kier molecular flexibility index (Phi) is 4.54. The number of amides is 1. The molecule has 0 saturated heterocycles. The number of hydrogen-bond acceptors (Lipinski definition) is 6. The predicted octanol–water partition coefficient (Wildman–Crippen LogP) is 2.62. The first-order chi connectivity index (χ1) is 10.1. The molecule has 0 bridgehead atoms. The van der Waals surface area contributed by atoms with Gasteiger partial charge in [0.05, 0.1) is 14.2 Å². The standard InChI is InChI=1S/C14H14N2O4S/c1-8(17)9-7-21-14(15-9)16-13(18)12-10(19-2)5-4-6-11(12)20-3/h4-7H,1-3H3,(H,15,16,18). The van der Waals surface area contributed by atoms with Crippen LogP contribution in [0.1, 0.15) is 27.8 Å². The van der Waals surface area contributed by atoms with Crippen molar-refractivity contribution in [1.29, 1.82) is 0 Å². The number of ketones is 1. The number of hydrogen-bond donors (Lipinski definition) is 1. The van der Waals surface area contributed by atoms with Crippen molar-refractivity contribution in [3.05, 3.63) is 34.8 Å². The Morgan fingerprint density at radius 1 is 1.19 bits per heavy atom. The number of aromatic nitrogens is 1. The van der Waals surface area contributed by atoms with E-state index in [0.717, 1.165) is 0 Å². The monoisotopic (exact) mass is 306 g/mol. The van der Waals surface area contributed by atoms with E-state index in [-0.39, 0.29) is 11.3 Å². The Morgan fingerprint density at radius 3 is 2.29 bits per heavy atom. The van der Waals surface area contributed by atoms with Crippen molar-refractivity contribution in [2.24, 2.45) is 0 Å². The van der Waals surface area contributed by atoms with Crippen LogP contribution in [0.15, 0.2) is 23.6 Å². The summed E-state index contributed by atoms with van der Waals surface area (Å²) in [5.74, 6) is 0.237. The van der Waals surface area contributed by atoms with Crippen LogP contribution in [0.4, 0.5) is 5.13 Å². The van der Waals surface area contributed by atoms with Crippen LogP contribution in [0, 0.1) is 0 Å². The van der Waals surface area contributed by atoms with E-state index in [9.17, 15) is 9.59 Å². The average Bonchev–Trinajstić information content (AvgIpc) is 2.94. The van der Waals surface area contributed by atoms with Gasteiger partial charge in [0.2, 0.25) is 0 Å². The summed E-state index contributed by atoms with van der Waals surface area (Å²) in [6.45, 7) is 1.42. The second-order valence-corrected chi connectivity index (χ2v) is 4.94. The number of carbonyl (C=O) groups is 2. The molecule has 1 amide bonds. The minimum absolute atomic E-state index is 0.151. The molecule has 0 aliphatic carbocycles. The topological polar surface area (TPSA) is 77.5 Å². The molecular formula is C14H14N2O4S. The summed E-state index contributed by atoms with van der Waals surface area (Å²) in [5.41, 5.74) is 0.601. The Hall–Kier alpha value is -2.41. The van der Waals surface area contributed by atoms with Crippen LogP contribution in [0.5, 0.6) is 11.5 Å². The molecule has 1 aromatic carbocycles. The van der Waals surface area contributed by atoms with Crippen LogP contribution >= 0.6 is 11.3 Å². The van der Waals surface area contributed by atoms with Crippen LogP contribution in [0.25, 0.3) is 0 Å². The summed E-state index contributed by atoms with van der Waals surface area (Å²) in [5, 5.41) is 4.58. The Labute approximate surface area is 125 Å². The summed E-state index contributed by atoms with van der Waals surface area (Å²) in [6, 6.07) is 5.06. The molecule has 110 valence electrons. The van der Waals surface area contributed by atoms with Gasteiger partial charge < -0.3 is 9.47 Å². The Morgan fingerprint density at radius 2 is 1.81 bits per heavy atom. The lowest BCUT2D eigenvalue weighted by Gasteiger charge is -2.11. The summed E-state index contributed by atoms with van der Waals surface area (Å²) < 4.78 is 10.4. The summed E-state index contributed by atoms with van der Waals surface area (Å²) in [4.78, 5) is 27.6. The molecule has 1 aromatic heterocycles. The number of ether oxygens (including phenoxy) is 2. The fraction of sp³-hybridized carbons (Fsp3) is 0.214. The number of methoxy groups -OCH3 is 2. The van der Waals surface area contributed by atoms with E-state index in [1.165, 1.54) is 32.5 Å². The normalized spacial score (nSPS) is 10.0. The van der Waals surface area contributed by atoms with E-state index < -0.39 is 5.91 Å². The first kappa shape index (κ1) is 15.0. The molecule has 0 unspecified atom stereocenters. The van der Waals surface area contributed by atoms with E-state index in [2.05, 4.69) is 10.3 Å². The highest BCUT2D eigenvalue weighted by Crippen LogP contribution is 2.29. The number of Topliss-reactive ketones (excluding diaryl/α,β-unsaturated/α-hetero) is 1. The molecule has 21 heavy (non-hydrogen) atoms. The molecule has 1 heterocycles. The maximum atomic E-state index is 12.4. The third kappa shape index (κ3) is 3.19. The largest absolute Gasteiger partial charge is 0.496 e. The lowest BCUT2D eigenvalue weighted by atomic mass is 10.1. The molecule has 2 rings (SSSR count). The Balaban J connectivity index is 2.29. The van der Waals surface area contributed by atoms with Gasteiger partial charge in [0.15, 0.2) is 10.9 Å². The predicted molar refractivity (Wildman–Crippen MR) is 79.6 cm³/mol. The maximum absolute atomic E-state index is 12.4. The molecule has 0 atom stereocenters. The number of benzene rings is 1. The molecular weight excluding hydrogens is 292 g/mol. The van der Waals surface area contributed by atoms with Crippen molar-refractivity contribution in [2.75, 3.05) is 19.5 Å². The molecule has 1 N–H and O–H groups in total. The molecule has 0 aliphatic heterocycles. The molecule has 0 spiro atoms. The number of anilines is 1. The van der Waals surface area contributed by atoms with Gasteiger partial charge in [-0.25, -0.2) is 4.98 Å². The average molecular weight is 306 g/mol. The highest BCUT2D eigenvalue weighted by atomic mass is 32.1. The molecule has 0 saturated carbocycles. The zero-order valence-electron chi connectivity index (χ0n) is 11.8. The molecule has 0 aliphatic rings. The molecule has 0 fully saturated rings. The van der Waals surface area contributed by atoms with Gasteiger partial charge in [-0.1, -0.05) is 6.07 Å². The highest BCUT2D eigenvalue weighted by Gasteiger charge is 2.19. The van der Waals surface area contributed by atoms with Crippen molar-refractivity contribution >= 4 is 28.2 Å². The number of nitrogens with zero attached hydrogens (tertiary/aromatic N) is 1. The molecule has 6 nitrogen and oxygen atoms in total. The van der Waals surface area contributed by atoms with E-state index in [4.69, 9.17) is 9.47 Å². The van der Waals surface area contributed by atoms with Crippen molar-refractivity contribution in [1.82, 2.24) is 4.98 Å². The van der Waals surface area contributed by atoms with Gasteiger partial charge in [0.1, 0.15) is 22.8 Å². The first-order valence-corrected chi connectivity index (χ1v) is 6.93. The van der Waals surface area contributed by atoms with Crippen molar-refractivity contribution in [3.63, 3.8) is 0 Å². The van der Waals surface area contributed by atoms with Crippen molar-refractivity contribution in [3.8, 4) is 11.5 Å². The molecule has 0 radical (unpaired) electrons.